The van der Waals surface area contributed by atoms with Crippen LogP contribution in [0.4, 0.5) is 11.4 Å². The van der Waals surface area contributed by atoms with Crippen LogP contribution < -0.4 is 21.3 Å². The molecule has 3 aromatic rings. The van der Waals surface area contributed by atoms with Crippen LogP contribution in [-0.4, -0.2) is 22.6 Å². The number of aryl methyl sites for hydroxylation is 3. The van der Waals surface area contributed by atoms with E-state index < -0.39 is 0 Å². The van der Waals surface area contributed by atoms with Crippen molar-refractivity contribution in [2.24, 2.45) is 0 Å². The Morgan fingerprint density at radius 3 is 2.93 bits per heavy atom. The molecule has 1 aliphatic rings. The van der Waals surface area contributed by atoms with Gasteiger partial charge in [-0.25, -0.2) is 4.98 Å². The molecule has 1 aromatic carbocycles. The van der Waals surface area contributed by atoms with E-state index in [4.69, 9.17) is 10.5 Å². The molecule has 9 heteroatoms. The molecule has 0 spiro atoms. The lowest BCUT2D eigenvalue weighted by atomic mass is 9.97. The van der Waals surface area contributed by atoms with E-state index in [-0.39, 0.29) is 36.8 Å². The van der Waals surface area contributed by atoms with E-state index >= 15 is 0 Å². The fourth-order valence-corrected chi connectivity index (χ4v) is 4.77. The summed E-state index contributed by atoms with van der Waals surface area (Å²) < 4.78 is 6.68. The molecule has 2 heterocycles. The van der Waals surface area contributed by atoms with Crippen molar-refractivity contribution in [3.63, 3.8) is 0 Å². The first kappa shape index (κ1) is 21.1. The number of hydrogen-bond acceptors (Lipinski definition) is 6. The van der Waals surface area contributed by atoms with Crippen LogP contribution in [0.1, 0.15) is 29.7 Å². The second kappa shape index (κ2) is 8.84. The summed E-state index contributed by atoms with van der Waals surface area (Å²) in [6.45, 7) is 0.266. The number of benzene rings is 1. The molecule has 1 amide bonds. The number of carbonyl (C=O) groups excluding carboxylic acids is 1. The molecule has 0 fully saturated rings. The van der Waals surface area contributed by atoms with Crippen molar-refractivity contribution in [1.82, 2.24) is 9.55 Å². The maximum atomic E-state index is 12.9. The largest absolute Gasteiger partial charge is 0.497 e. The number of aromatic nitrogens is 2. The average molecular weight is 435 g/mol. The van der Waals surface area contributed by atoms with Crippen LogP contribution in [0.3, 0.4) is 0 Å². The summed E-state index contributed by atoms with van der Waals surface area (Å²) >= 11 is 1.62. The Morgan fingerprint density at radius 1 is 1.34 bits per heavy atom. The maximum Gasteiger partial charge on any atom is 0.262 e. The van der Waals surface area contributed by atoms with Crippen LogP contribution in [-0.2, 0) is 24.2 Å². The number of rotatable bonds is 5. The number of anilines is 2. The fraction of sp³-hybridized carbons (Fsp3) is 0.350. The van der Waals surface area contributed by atoms with Crippen molar-refractivity contribution in [3.8, 4) is 5.75 Å². The Morgan fingerprint density at radius 2 is 2.14 bits per heavy atom. The second-order valence-corrected chi connectivity index (χ2v) is 7.97. The Labute approximate surface area is 178 Å². The first-order valence-electron chi connectivity index (χ1n) is 9.30. The number of amides is 1. The summed E-state index contributed by atoms with van der Waals surface area (Å²) in [5.74, 6) is 0.386. The van der Waals surface area contributed by atoms with Crippen LogP contribution in [0.25, 0.3) is 10.2 Å². The highest BCUT2D eigenvalue weighted by molar-refractivity contribution is 7.18. The lowest BCUT2D eigenvalue weighted by molar-refractivity contribution is -0.116. The van der Waals surface area contributed by atoms with Crippen molar-refractivity contribution in [1.29, 1.82) is 0 Å². The van der Waals surface area contributed by atoms with Gasteiger partial charge in [-0.1, -0.05) is 0 Å². The van der Waals surface area contributed by atoms with E-state index in [1.165, 1.54) is 15.9 Å². The molecular weight excluding hydrogens is 412 g/mol. The molecule has 29 heavy (non-hydrogen) atoms. The van der Waals surface area contributed by atoms with Gasteiger partial charge in [0.15, 0.2) is 0 Å². The number of thiophene rings is 1. The van der Waals surface area contributed by atoms with Gasteiger partial charge in [-0.3, -0.25) is 14.2 Å². The number of ether oxygens (including phenoxy) is 1. The monoisotopic (exact) mass is 434 g/mol. The van der Waals surface area contributed by atoms with E-state index in [9.17, 15) is 9.59 Å². The number of nitrogen functional groups attached to an aromatic ring is 1. The molecule has 154 valence electrons. The molecule has 2 aromatic heterocycles. The number of halogens is 1. The van der Waals surface area contributed by atoms with Gasteiger partial charge >= 0.3 is 0 Å². The standard InChI is InChI=1S/C20H22N4O3S.ClH/c1-27-12-6-7-14(21)15(10-12)23-17(25)8-9-24-11-22-19-18(20(24)26)13-4-2-3-5-16(13)28-19;/h6-7,10-11H,2-5,8-9,21H2,1H3,(H,23,25);1H. The molecular formula is C20H23ClN4O3S. The number of nitrogens with zero attached hydrogens (tertiary/aromatic N) is 2. The van der Waals surface area contributed by atoms with Gasteiger partial charge in [0.05, 0.1) is 30.2 Å². The molecule has 0 radical (unpaired) electrons. The minimum absolute atomic E-state index is 0. The first-order valence-corrected chi connectivity index (χ1v) is 10.1. The molecule has 0 unspecified atom stereocenters. The smallest absolute Gasteiger partial charge is 0.262 e. The molecule has 0 bridgehead atoms. The van der Waals surface area contributed by atoms with Gasteiger partial charge in [0.1, 0.15) is 10.6 Å². The number of carbonyl (C=O) groups is 1. The van der Waals surface area contributed by atoms with Crippen molar-refractivity contribution >= 4 is 51.2 Å². The van der Waals surface area contributed by atoms with Crippen molar-refractivity contribution in [3.05, 3.63) is 45.3 Å². The zero-order valence-electron chi connectivity index (χ0n) is 16.1. The minimum atomic E-state index is -0.223. The van der Waals surface area contributed by atoms with Crippen LogP contribution in [0.2, 0.25) is 0 Å². The molecule has 4 rings (SSSR count). The summed E-state index contributed by atoms with van der Waals surface area (Å²) in [5, 5.41) is 3.51. The highest BCUT2D eigenvalue weighted by Crippen LogP contribution is 2.33. The zero-order chi connectivity index (χ0) is 19.7. The molecule has 0 saturated heterocycles. The van der Waals surface area contributed by atoms with Crippen LogP contribution in [0.5, 0.6) is 5.75 Å². The summed E-state index contributed by atoms with van der Waals surface area (Å²) in [7, 11) is 1.55. The fourth-order valence-electron chi connectivity index (χ4n) is 3.55. The number of methoxy groups -OCH3 is 1. The summed E-state index contributed by atoms with van der Waals surface area (Å²) in [6, 6.07) is 5.08. The quantitative estimate of drug-likeness (QED) is 0.599. The topological polar surface area (TPSA) is 99.2 Å². The third kappa shape index (κ3) is 4.23. The summed E-state index contributed by atoms with van der Waals surface area (Å²) in [4.78, 5) is 31.8. The Hall–Kier alpha value is -2.58. The van der Waals surface area contributed by atoms with E-state index in [1.807, 2.05) is 0 Å². The second-order valence-electron chi connectivity index (χ2n) is 6.89. The molecule has 0 aliphatic heterocycles. The SMILES string of the molecule is COc1ccc(N)c(NC(=O)CCn2cnc3sc4c(c3c2=O)CCCC4)c1.Cl. The summed E-state index contributed by atoms with van der Waals surface area (Å²) in [5.41, 5.74) is 7.96. The summed E-state index contributed by atoms with van der Waals surface area (Å²) in [6.07, 6.45) is 5.93. The third-order valence-electron chi connectivity index (χ3n) is 5.06. The van der Waals surface area contributed by atoms with Crippen molar-refractivity contribution in [2.45, 2.75) is 38.6 Å². The lowest BCUT2D eigenvalue weighted by Gasteiger charge is -2.11. The van der Waals surface area contributed by atoms with Gasteiger partial charge < -0.3 is 15.8 Å². The van der Waals surface area contributed by atoms with Gasteiger partial charge in [-0.15, -0.1) is 23.7 Å². The molecule has 1 aliphatic carbocycles. The minimum Gasteiger partial charge on any atom is -0.497 e. The molecule has 0 saturated carbocycles. The predicted molar refractivity (Wildman–Crippen MR) is 118 cm³/mol. The van der Waals surface area contributed by atoms with E-state index in [1.54, 1.807) is 43.0 Å². The number of nitrogens with one attached hydrogen (secondary N) is 1. The van der Waals surface area contributed by atoms with Crippen LogP contribution in [0, 0.1) is 0 Å². The molecule has 7 nitrogen and oxygen atoms in total. The van der Waals surface area contributed by atoms with Crippen LogP contribution >= 0.6 is 23.7 Å². The van der Waals surface area contributed by atoms with E-state index in [2.05, 4.69) is 10.3 Å². The van der Waals surface area contributed by atoms with Gasteiger partial charge in [-0.2, -0.15) is 0 Å². The van der Waals surface area contributed by atoms with E-state index in [0.717, 1.165) is 35.0 Å². The van der Waals surface area contributed by atoms with Crippen molar-refractivity contribution < 1.29 is 9.53 Å². The van der Waals surface area contributed by atoms with Gasteiger partial charge in [0.2, 0.25) is 5.91 Å². The Kier molecular flexibility index (Phi) is 6.44. The Balaban J connectivity index is 0.00000240. The first-order chi connectivity index (χ1) is 13.6. The molecule has 3 N–H and O–H groups in total. The predicted octanol–water partition coefficient (Wildman–Crippen LogP) is 3.38. The maximum absolute atomic E-state index is 12.9. The lowest BCUT2D eigenvalue weighted by Crippen LogP contribution is -2.24. The Bertz CT molecular complexity index is 1110. The van der Waals surface area contributed by atoms with E-state index in [0.29, 0.717) is 17.1 Å². The highest BCUT2D eigenvalue weighted by Gasteiger charge is 2.20. The number of fused-ring (bicyclic) bond motifs is 3. The third-order valence-corrected chi connectivity index (χ3v) is 6.26. The van der Waals surface area contributed by atoms with Gasteiger partial charge in [0.25, 0.3) is 5.56 Å². The highest BCUT2D eigenvalue weighted by atomic mass is 35.5. The van der Waals surface area contributed by atoms with Gasteiger partial charge in [-0.05, 0) is 43.4 Å². The van der Waals surface area contributed by atoms with Crippen LogP contribution in [0.15, 0.2) is 29.3 Å². The zero-order valence-corrected chi connectivity index (χ0v) is 17.7. The normalized spacial score (nSPS) is 12.9. The average Bonchev–Trinajstić information content (AvgIpc) is 3.08. The molecule has 0 atom stereocenters. The van der Waals surface area contributed by atoms with Gasteiger partial charge in [0, 0.05) is 23.9 Å². The number of hydrogen-bond donors (Lipinski definition) is 2. The number of nitrogens with two attached hydrogens (primary N) is 1. The van der Waals surface area contributed by atoms with Crippen molar-refractivity contribution in [2.75, 3.05) is 18.2 Å².